The van der Waals surface area contributed by atoms with Crippen LogP contribution in [0.4, 0.5) is 5.69 Å². The van der Waals surface area contributed by atoms with Crippen LogP contribution in [0.5, 0.6) is 0 Å². The first-order valence-corrected chi connectivity index (χ1v) is 10.4. The predicted octanol–water partition coefficient (Wildman–Crippen LogP) is 4.83. The molecule has 0 aliphatic rings. The van der Waals surface area contributed by atoms with E-state index in [4.69, 9.17) is 4.42 Å². The van der Waals surface area contributed by atoms with Crippen LogP contribution in [0.3, 0.4) is 0 Å². The highest BCUT2D eigenvalue weighted by Gasteiger charge is 2.11. The molecule has 3 aromatic heterocycles. The first-order chi connectivity index (χ1) is 13.7. The van der Waals surface area contributed by atoms with E-state index >= 15 is 0 Å². The van der Waals surface area contributed by atoms with Crippen molar-refractivity contribution in [3.8, 4) is 11.5 Å². The summed E-state index contributed by atoms with van der Waals surface area (Å²) in [5.41, 5.74) is 5.26. The fourth-order valence-electron chi connectivity index (χ4n) is 3.15. The Bertz CT molecular complexity index is 1070. The van der Waals surface area contributed by atoms with Crippen LogP contribution in [-0.4, -0.2) is 32.7 Å². The number of fused-ring (bicyclic) bond motifs is 1. The van der Waals surface area contributed by atoms with Crippen LogP contribution in [0.2, 0.25) is 0 Å². The van der Waals surface area contributed by atoms with Gasteiger partial charge < -0.3 is 13.7 Å². The molecule has 144 valence electrons. The Kier molecular flexibility index (Phi) is 5.34. The van der Waals surface area contributed by atoms with Crippen molar-refractivity contribution in [1.82, 2.24) is 19.6 Å². The first-order valence-electron chi connectivity index (χ1n) is 9.42. The number of nitrogens with zero attached hydrogens (tertiary/aromatic N) is 5. The molecule has 0 atom stereocenters. The molecule has 0 unspecified atom stereocenters. The largest absolute Gasteiger partial charge is 0.411 e. The third-order valence-corrected chi connectivity index (χ3v) is 5.49. The van der Waals surface area contributed by atoms with Gasteiger partial charge in [-0.05, 0) is 56.7 Å². The molecule has 0 spiro atoms. The minimum Gasteiger partial charge on any atom is -0.411 e. The molecular weight excluding hydrogens is 370 g/mol. The molecule has 7 heteroatoms. The number of hydrogen-bond acceptors (Lipinski definition) is 6. The van der Waals surface area contributed by atoms with Crippen LogP contribution in [0, 0.1) is 6.92 Å². The number of anilines is 1. The van der Waals surface area contributed by atoms with Gasteiger partial charge in [0.05, 0.1) is 5.69 Å². The number of aromatic nitrogens is 4. The van der Waals surface area contributed by atoms with Crippen molar-refractivity contribution in [1.29, 1.82) is 0 Å². The molecule has 4 rings (SSSR count). The molecule has 1 aromatic carbocycles. The second-order valence-corrected chi connectivity index (χ2v) is 7.51. The maximum Gasteiger partial charge on any atom is 0.277 e. The van der Waals surface area contributed by atoms with Crippen molar-refractivity contribution < 1.29 is 4.42 Å². The Balaban J connectivity index is 1.43. The molecule has 0 amide bonds. The normalized spacial score (nSPS) is 11.2. The van der Waals surface area contributed by atoms with E-state index in [9.17, 15) is 0 Å². The number of pyridine rings is 1. The second kappa shape index (κ2) is 8.06. The lowest BCUT2D eigenvalue weighted by Gasteiger charge is -2.20. The molecule has 0 saturated heterocycles. The summed E-state index contributed by atoms with van der Waals surface area (Å²) < 4.78 is 7.87. The Morgan fingerprint density at radius 3 is 2.54 bits per heavy atom. The fraction of sp³-hybridized carbons (Fsp3) is 0.286. The highest BCUT2D eigenvalue weighted by molar-refractivity contribution is 7.98. The predicted molar refractivity (Wildman–Crippen MR) is 113 cm³/mol. The van der Waals surface area contributed by atoms with Crippen molar-refractivity contribution in [2.45, 2.75) is 31.7 Å². The van der Waals surface area contributed by atoms with Crippen LogP contribution in [0.15, 0.2) is 58.4 Å². The lowest BCUT2D eigenvalue weighted by Crippen LogP contribution is -2.21. The average molecular weight is 394 g/mol. The molecule has 0 N–H and O–H groups in total. The summed E-state index contributed by atoms with van der Waals surface area (Å²) in [5.74, 6) is 1.22. The number of aryl methyl sites for hydroxylation is 1. The van der Waals surface area contributed by atoms with Gasteiger partial charge in [0.2, 0.25) is 5.89 Å². The molecule has 3 heterocycles. The Hall–Kier alpha value is -2.80. The summed E-state index contributed by atoms with van der Waals surface area (Å²) in [6.45, 7) is 8.36. The summed E-state index contributed by atoms with van der Waals surface area (Å²) in [4.78, 5) is 6.92. The highest BCUT2D eigenvalue weighted by atomic mass is 32.2. The lowest BCUT2D eigenvalue weighted by atomic mass is 10.2. The molecule has 0 saturated carbocycles. The number of hydrogen-bond donors (Lipinski definition) is 0. The van der Waals surface area contributed by atoms with Gasteiger partial charge in [-0.2, -0.15) is 0 Å². The van der Waals surface area contributed by atoms with E-state index in [1.54, 1.807) is 0 Å². The molecule has 0 aliphatic heterocycles. The van der Waals surface area contributed by atoms with Crippen LogP contribution >= 0.6 is 11.8 Å². The number of imidazole rings is 1. The summed E-state index contributed by atoms with van der Waals surface area (Å²) >= 11 is 1.50. The Morgan fingerprint density at radius 2 is 1.79 bits per heavy atom. The van der Waals surface area contributed by atoms with Gasteiger partial charge >= 0.3 is 0 Å². The summed E-state index contributed by atoms with van der Waals surface area (Å²) in [7, 11) is 0. The average Bonchev–Trinajstić information content (AvgIpc) is 3.34. The molecule has 0 radical (unpaired) electrons. The summed E-state index contributed by atoms with van der Waals surface area (Å²) in [6.07, 6.45) is 4.11. The van der Waals surface area contributed by atoms with E-state index in [1.807, 2.05) is 28.8 Å². The summed E-state index contributed by atoms with van der Waals surface area (Å²) in [6, 6.07) is 12.3. The molecule has 4 aromatic rings. The van der Waals surface area contributed by atoms with E-state index in [0.29, 0.717) is 16.9 Å². The monoisotopic (exact) mass is 393 g/mol. The third-order valence-electron chi connectivity index (χ3n) is 4.64. The number of benzene rings is 1. The Morgan fingerprint density at radius 1 is 1.00 bits per heavy atom. The maximum absolute atomic E-state index is 5.83. The van der Waals surface area contributed by atoms with Gasteiger partial charge in [-0.3, -0.25) is 0 Å². The quantitative estimate of drug-likeness (QED) is 0.419. The lowest BCUT2D eigenvalue weighted by molar-refractivity contribution is 0.466. The van der Waals surface area contributed by atoms with Crippen LogP contribution in [-0.2, 0) is 5.75 Å². The minimum atomic E-state index is 0.541. The van der Waals surface area contributed by atoms with Gasteiger partial charge in [0.1, 0.15) is 5.65 Å². The standard InChI is InChI=1S/C21H23N5OS/c1-4-25(5-2)18-9-7-16(8-10-18)20-23-24-21(27-20)28-14-17-13-26-12-15(3)6-11-19(26)22-17/h6-13H,4-5,14H2,1-3H3. The maximum atomic E-state index is 5.83. The van der Waals surface area contributed by atoms with Crippen LogP contribution in [0.25, 0.3) is 17.1 Å². The minimum absolute atomic E-state index is 0.541. The number of rotatable bonds is 7. The molecule has 0 bridgehead atoms. The summed E-state index contributed by atoms with van der Waals surface area (Å²) in [5, 5.41) is 8.91. The Labute approximate surface area is 168 Å². The SMILES string of the molecule is CCN(CC)c1ccc(-c2nnc(SCc3cn4cc(C)ccc4n3)o2)cc1. The van der Waals surface area contributed by atoms with E-state index < -0.39 is 0 Å². The zero-order valence-electron chi connectivity index (χ0n) is 16.3. The molecule has 6 nitrogen and oxygen atoms in total. The van der Waals surface area contributed by atoms with E-state index in [2.05, 4.69) is 65.2 Å². The van der Waals surface area contributed by atoms with Gasteiger partial charge in [-0.15, -0.1) is 10.2 Å². The topological polar surface area (TPSA) is 59.5 Å². The van der Waals surface area contributed by atoms with Gasteiger partial charge in [-0.25, -0.2) is 4.98 Å². The van der Waals surface area contributed by atoms with Crippen molar-refractivity contribution in [2.75, 3.05) is 18.0 Å². The molecular formula is C21H23N5OS. The number of thioether (sulfide) groups is 1. The zero-order valence-corrected chi connectivity index (χ0v) is 17.1. The van der Waals surface area contributed by atoms with E-state index in [1.165, 1.54) is 23.0 Å². The second-order valence-electron chi connectivity index (χ2n) is 6.59. The van der Waals surface area contributed by atoms with Crippen molar-refractivity contribution in [3.05, 3.63) is 60.0 Å². The van der Waals surface area contributed by atoms with Crippen molar-refractivity contribution in [2.24, 2.45) is 0 Å². The first kappa shape index (κ1) is 18.6. The van der Waals surface area contributed by atoms with E-state index in [0.717, 1.165) is 30.0 Å². The highest BCUT2D eigenvalue weighted by Crippen LogP contribution is 2.27. The third kappa shape index (κ3) is 3.89. The van der Waals surface area contributed by atoms with Gasteiger partial charge in [0.15, 0.2) is 0 Å². The van der Waals surface area contributed by atoms with E-state index in [-0.39, 0.29) is 0 Å². The van der Waals surface area contributed by atoms with Crippen LogP contribution < -0.4 is 4.90 Å². The van der Waals surface area contributed by atoms with Crippen molar-refractivity contribution >= 4 is 23.1 Å². The van der Waals surface area contributed by atoms with Crippen LogP contribution in [0.1, 0.15) is 25.1 Å². The van der Waals surface area contributed by atoms with Gasteiger partial charge in [-0.1, -0.05) is 17.8 Å². The smallest absolute Gasteiger partial charge is 0.277 e. The zero-order chi connectivity index (χ0) is 19.5. The van der Waals surface area contributed by atoms with Gasteiger partial charge in [0.25, 0.3) is 5.22 Å². The molecule has 28 heavy (non-hydrogen) atoms. The molecule has 0 aliphatic carbocycles. The molecule has 0 fully saturated rings. The fourth-order valence-corrected chi connectivity index (χ4v) is 3.80. The van der Waals surface area contributed by atoms with Crippen molar-refractivity contribution in [3.63, 3.8) is 0 Å². The van der Waals surface area contributed by atoms with Gasteiger partial charge in [0, 0.05) is 42.5 Å².